The van der Waals surface area contributed by atoms with Crippen LogP contribution in [0.4, 0.5) is 5.69 Å². The van der Waals surface area contributed by atoms with Gasteiger partial charge in [0.15, 0.2) is 0 Å². The number of halogens is 2. The van der Waals surface area contributed by atoms with Crippen molar-refractivity contribution in [3.05, 3.63) is 68.6 Å². The van der Waals surface area contributed by atoms with Crippen LogP contribution in [0.2, 0.25) is 0 Å². The van der Waals surface area contributed by atoms with Gasteiger partial charge < -0.3 is 9.15 Å². The zero-order chi connectivity index (χ0) is 16.2. The monoisotopic (exact) mass is 435 g/mol. The number of ether oxygens (including phenoxy) is 1. The van der Waals surface area contributed by atoms with Crippen molar-refractivity contribution in [1.29, 1.82) is 0 Å². The van der Waals surface area contributed by atoms with E-state index in [2.05, 4.69) is 42.9 Å². The minimum absolute atomic E-state index is 0.470. The first-order valence-corrected chi connectivity index (χ1v) is 8.84. The lowest BCUT2D eigenvalue weighted by Gasteiger charge is -2.05. The Morgan fingerprint density at radius 3 is 2.48 bits per heavy atom. The normalized spacial score (nSPS) is 12.0. The van der Waals surface area contributed by atoms with Crippen LogP contribution in [-0.4, -0.2) is 6.61 Å². The van der Waals surface area contributed by atoms with Crippen molar-refractivity contribution in [2.45, 2.75) is 13.5 Å². The maximum absolute atomic E-state index is 6.00. The van der Waals surface area contributed by atoms with Crippen LogP contribution in [0.5, 0.6) is 0 Å². The third-order valence-electron chi connectivity index (χ3n) is 3.30. The molecule has 0 saturated carbocycles. The van der Waals surface area contributed by atoms with Crippen molar-refractivity contribution in [3.8, 4) is 0 Å². The number of nitrogens with zero attached hydrogens (tertiary/aromatic N) is 1. The molecule has 0 amide bonds. The van der Waals surface area contributed by atoms with Gasteiger partial charge in [0.2, 0.25) is 5.55 Å². The zero-order valence-corrected chi connectivity index (χ0v) is 15.7. The van der Waals surface area contributed by atoms with Crippen LogP contribution in [0.3, 0.4) is 0 Å². The lowest BCUT2D eigenvalue weighted by atomic mass is 10.2. The van der Waals surface area contributed by atoms with Gasteiger partial charge in [0.25, 0.3) is 0 Å². The minimum atomic E-state index is 0.470. The molecule has 3 nitrogen and oxygen atoms in total. The van der Waals surface area contributed by atoms with Gasteiger partial charge in [0.05, 0.1) is 12.3 Å². The fraction of sp³-hybridized carbons (Fsp3) is 0.167. The molecular weight excluding hydrogens is 422 g/mol. The molecule has 118 valence electrons. The van der Waals surface area contributed by atoms with Crippen molar-refractivity contribution in [1.82, 2.24) is 0 Å². The van der Waals surface area contributed by atoms with Crippen molar-refractivity contribution in [2.24, 2.45) is 4.99 Å². The summed E-state index contributed by atoms with van der Waals surface area (Å²) >= 11 is 6.92. The van der Waals surface area contributed by atoms with E-state index >= 15 is 0 Å². The van der Waals surface area contributed by atoms with Gasteiger partial charge in [0, 0.05) is 26.5 Å². The predicted octanol–water partition coefficient (Wildman–Crippen LogP) is 5.73. The van der Waals surface area contributed by atoms with E-state index < -0.39 is 0 Å². The molecule has 0 aliphatic carbocycles. The largest absolute Gasteiger partial charge is 0.438 e. The highest BCUT2D eigenvalue weighted by Crippen LogP contribution is 2.21. The van der Waals surface area contributed by atoms with E-state index in [1.54, 1.807) is 0 Å². The predicted molar refractivity (Wildman–Crippen MR) is 98.6 cm³/mol. The van der Waals surface area contributed by atoms with Gasteiger partial charge >= 0.3 is 0 Å². The Labute approximate surface area is 151 Å². The van der Waals surface area contributed by atoms with Crippen LogP contribution >= 0.6 is 31.9 Å². The molecule has 3 aromatic rings. The van der Waals surface area contributed by atoms with E-state index in [1.165, 1.54) is 0 Å². The summed E-state index contributed by atoms with van der Waals surface area (Å²) in [6.07, 6.45) is 0. The van der Waals surface area contributed by atoms with Gasteiger partial charge in [-0.2, -0.15) is 0 Å². The van der Waals surface area contributed by atoms with E-state index in [1.807, 2.05) is 49.4 Å². The standard InChI is InChI=1S/C18H15Br2NO2/c1-2-22-11-13-9-12-10-15(20)5-8-17(12)23-18(13)21-16-6-3-14(19)4-7-16/h3-10H,2,11H2,1H3/b21-18-. The number of benzene rings is 2. The summed E-state index contributed by atoms with van der Waals surface area (Å²) in [6.45, 7) is 3.09. The Kier molecular flexibility index (Phi) is 5.30. The number of fused-ring (bicyclic) bond motifs is 1. The first-order chi connectivity index (χ1) is 11.2. The molecule has 0 unspecified atom stereocenters. The lowest BCUT2D eigenvalue weighted by molar-refractivity contribution is 0.131. The summed E-state index contributed by atoms with van der Waals surface area (Å²) in [6, 6.07) is 15.8. The van der Waals surface area contributed by atoms with E-state index in [9.17, 15) is 0 Å². The molecule has 3 rings (SSSR count). The van der Waals surface area contributed by atoms with E-state index in [4.69, 9.17) is 9.15 Å². The Morgan fingerprint density at radius 2 is 1.74 bits per heavy atom. The van der Waals surface area contributed by atoms with Gasteiger partial charge in [-0.05, 0) is 55.5 Å². The van der Waals surface area contributed by atoms with Crippen molar-refractivity contribution in [2.75, 3.05) is 6.61 Å². The van der Waals surface area contributed by atoms with Crippen LogP contribution in [0.15, 0.2) is 66.9 Å². The van der Waals surface area contributed by atoms with Gasteiger partial charge in [-0.15, -0.1) is 0 Å². The Bertz CT molecular complexity index is 886. The summed E-state index contributed by atoms with van der Waals surface area (Å²) in [4.78, 5) is 4.63. The lowest BCUT2D eigenvalue weighted by Crippen LogP contribution is -2.10. The first-order valence-electron chi connectivity index (χ1n) is 7.26. The van der Waals surface area contributed by atoms with Crippen LogP contribution in [0.1, 0.15) is 12.5 Å². The summed E-state index contributed by atoms with van der Waals surface area (Å²) in [5, 5.41) is 1.02. The molecular formula is C18H15Br2NO2. The fourth-order valence-electron chi connectivity index (χ4n) is 2.19. The van der Waals surface area contributed by atoms with Gasteiger partial charge in [-0.1, -0.05) is 31.9 Å². The smallest absolute Gasteiger partial charge is 0.225 e. The first kappa shape index (κ1) is 16.4. The van der Waals surface area contributed by atoms with Crippen molar-refractivity contribution >= 4 is 48.5 Å². The van der Waals surface area contributed by atoms with Crippen LogP contribution in [0.25, 0.3) is 11.0 Å². The molecule has 0 N–H and O–H groups in total. The van der Waals surface area contributed by atoms with Crippen molar-refractivity contribution in [3.63, 3.8) is 0 Å². The molecule has 5 heteroatoms. The highest BCUT2D eigenvalue weighted by Gasteiger charge is 2.05. The number of rotatable bonds is 4. The minimum Gasteiger partial charge on any atom is -0.438 e. The molecule has 0 spiro atoms. The Balaban J connectivity index is 2.15. The maximum atomic E-state index is 6.00. The van der Waals surface area contributed by atoms with Crippen molar-refractivity contribution < 1.29 is 9.15 Å². The quantitative estimate of drug-likeness (QED) is 0.523. The van der Waals surface area contributed by atoms with Gasteiger partial charge in [-0.25, -0.2) is 4.99 Å². The molecule has 0 saturated heterocycles. The average Bonchev–Trinajstić information content (AvgIpc) is 2.55. The van der Waals surface area contributed by atoms with Crippen LogP contribution < -0.4 is 5.55 Å². The summed E-state index contributed by atoms with van der Waals surface area (Å²) in [7, 11) is 0. The fourth-order valence-corrected chi connectivity index (χ4v) is 2.83. The maximum Gasteiger partial charge on any atom is 0.225 e. The number of hydrogen-bond acceptors (Lipinski definition) is 3. The van der Waals surface area contributed by atoms with E-state index in [0.717, 1.165) is 31.2 Å². The molecule has 0 atom stereocenters. The topological polar surface area (TPSA) is 34.7 Å². The summed E-state index contributed by atoms with van der Waals surface area (Å²) in [5.41, 5.74) is 3.14. The second-order valence-electron chi connectivity index (χ2n) is 4.98. The summed E-state index contributed by atoms with van der Waals surface area (Å²) < 4.78 is 13.6. The molecule has 0 fully saturated rings. The molecule has 0 bridgehead atoms. The van der Waals surface area contributed by atoms with Crippen LogP contribution in [-0.2, 0) is 11.3 Å². The van der Waals surface area contributed by atoms with Gasteiger partial charge in [-0.3, -0.25) is 0 Å². The molecule has 1 aromatic heterocycles. The molecule has 0 aliphatic heterocycles. The molecule has 1 heterocycles. The van der Waals surface area contributed by atoms with Gasteiger partial charge in [0.1, 0.15) is 5.58 Å². The SMILES string of the molecule is CCOCc1cc2cc(Br)ccc2o/c1=N\c1ccc(Br)cc1. The second-order valence-corrected chi connectivity index (χ2v) is 6.82. The van der Waals surface area contributed by atoms with E-state index in [0.29, 0.717) is 18.8 Å². The van der Waals surface area contributed by atoms with Crippen LogP contribution in [0, 0.1) is 0 Å². The summed E-state index contributed by atoms with van der Waals surface area (Å²) in [5.74, 6) is 0. The second kappa shape index (κ2) is 7.43. The highest BCUT2D eigenvalue weighted by molar-refractivity contribution is 9.10. The Morgan fingerprint density at radius 1 is 1.00 bits per heavy atom. The molecule has 0 radical (unpaired) electrons. The Hall–Kier alpha value is -1.43. The average molecular weight is 437 g/mol. The molecule has 0 aliphatic rings. The van der Waals surface area contributed by atoms with E-state index in [-0.39, 0.29) is 0 Å². The third kappa shape index (κ3) is 4.10. The molecule has 2 aromatic carbocycles. The highest BCUT2D eigenvalue weighted by atomic mass is 79.9. The number of hydrogen-bond donors (Lipinski definition) is 0. The molecule has 23 heavy (non-hydrogen) atoms. The third-order valence-corrected chi connectivity index (χ3v) is 4.32. The zero-order valence-electron chi connectivity index (χ0n) is 12.6.